The number of nitrogens with one attached hydrogen (secondary N) is 1. The van der Waals surface area contributed by atoms with E-state index in [0.717, 1.165) is 18.4 Å². The fourth-order valence-corrected chi connectivity index (χ4v) is 3.72. The monoisotopic (exact) mass is 357 g/mol. The highest BCUT2D eigenvalue weighted by Crippen LogP contribution is 2.40. The van der Waals surface area contributed by atoms with Crippen LogP contribution in [0.25, 0.3) is 0 Å². The van der Waals surface area contributed by atoms with Crippen LogP contribution in [0.1, 0.15) is 44.7 Å². The fraction of sp³-hybridized carbons (Fsp3) is 0.562. The molecule has 5 nitrogen and oxygen atoms in total. The van der Waals surface area contributed by atoms with Crippen molar-refractivity contribution >= 4 is 26.6 Å². The SMILES string of the molecule is Cc1ccc(S(=O)(=O)S)c(CC2(NC(=O)OC(C)(C)C)CC2)c1. The second-order valence-corrected chi connectivity index (χ2v) is 10.0. The van der Waals surface area contributed by atoms with Crippen molar-refractivity contribution in [2.24, 2.45) is 0 Å². The molecular formula is C16H23NO4S2. The first-order valence-electron chi connectivity index (χ1n) is 7.48. The average Bonchev–Trinajstić information content (AvgIpc) is 3.03. The van der Waals surface area contributed by atoms with E-state index in [1.54, 1.807) is 32.9 Å². The summed E-state index contributed by atoms with van der Waals surface area (Å²) in [7, 11) is -3.60. The molecule has 0 heterocycles. The average molecular weight is 357 g/mol. The van der Waals surface area contributed by atoms with E-state index in [1.165, 1.54) is 0 Å². The summed E-state index contributed by atoms with van der Waals surface area (Å²) in [4.78, 5) is 12.2. The number of thiol groups is 1. The molecule has 0 radical (unpaired) electrons. The molecule has 0 aliphatic heterocycles. The Balaban J connectivity index is 2.19. The van der Waals surface area contributed by atoms with Crippen molar-refractivity contribution < 1.29 is 17.9 Å². The highest BCUT2D eigenvalue weighted by atomic mass is 33.1. The van der Waals surface area contributed by atoms with Crippen molar-refractivity contribution in [1.29, 1.82) is 0 Å². The number of aryl methyl sites for hydroxylation is 1. The third-order valence-electron chi connectivity index (χ3n) is 3.64. The lowest BCUT2D eigenvalue weighted by Gasteiger charge is -2.24. The molecule has 0 saturated heterocycles. The van der Waals surface area contributed by atoms with Gasteiger partial charge in [-0.15, -0.1) is 0 Å². The first kappa shape index (κ1) is 18.1. The van der Waals surface area contributed by atoms with Gasteiger partial charge in [-0.25, -0.2) is 13.2 Å². The standard InChI is InChI=1S/C16H23NO4S2/c1-11-5-6-13(23(19,20)22)12(9-11)10-16(7-8-16)17-14(18)21-15(2,3)4/h5-6,9H,7-8,10H2,1-4H3,(H,17,18)(H,19,20,22). The summed E-state index contributed by atoms with van der Waals surface area (Å²) in [6, 6.07) is 5.14. The number of benzene rings is 1. The number of amides is 1. The van der Waals surface area contributed by atoms with Gasteiger partial charge in [-0.05, 0) is 70.2 Å². The van der Waals surface area contributed by atoms with Crippen LogP contribution in [0.3, 0.4) is 0 Å². The summed E-state index contributed by atoms with van der Waals surface area (Å²) >= 11 is 3.70. The number of rotatable bonds is 4. The minimum atomic E-state index is -3.60. The molecular weight excluding hydrogens is 334 g/mol. The van der Waals surface area contributed by atoms with E-state index in [9.17, 15) is 13.2 Å². The van der Waals surface area contributed by atoms with Crippen molar-refractivity contribution in [3.63, 3.8) is 0 Å². The van der Waals surface area contributed by atoms with Crippen molar-refractivity contribution in [3.8, 4) is 0 Å². The van der Waals surface area contributed by atoms with Gasteiger partial charge in [-0.2, -0.15) is 0 Å². The van der Waals surface area contributed by atoms with E-state index < -0.39 is 26.1 Å². The molecule has 1 aliphatic carbocycles. The predicted octanol–water partition coefficient (Wildman–Crippen LogP) is 3.21. The van der Waals surface area contributed by atoms with Crippen LogP contribution in [-0.4, -0.2) is 25.7 Å². The number of hydrogen-bond donors (Lipinski definition) is 2. The van der Waals surface area contributed by atoms with E-state index in [2.05, 4.69) is 17.0 Å². The van der Waals surface area contributed by atoms with Crippen LogP contribution in [0.15, 0.2) is 23.1 Å². The Hall–Kier alpha value is -1.21. The first-order chi connectivity index (χ1) is 10.4. The fourth-order valence-electron chi connectivity index (χ4n) is 2.48. The van der Waals surface area contributed by atoms with Crippen LogP contribution in [0.2, 0.25) is 0 Å². The van der Waals surface area contributed by atoms with Gasteiger partial charge in [0.25, 0.3) is 0 Å². The summed E-state index contributed by atoms with van der Waals surface area (Å²) < 4.78 is 29.0. The molecule has 0 unspecified atom stereocenters. The van der Waals surface area contributed by atoms with Crippen LogP contribution < -0.4 is 5.32 Å². The van der Waals surface area contributed by atoms with Gasteiger partial charge in [0.05, 0.1) is 4.90 Å². The van der Waals surface area contributed by atoms with Crippen LogP contribution in [0, 0.1) is 6.92 Å². The molecule has 0 aromatic heterocycles. The normalized spacial score (nSPS) is 16.7. The lowest BCUT2D eigenvalue weighted by atomic mass is 10.0. The van der Waals surface area contributed by atoms with E-state index in [-0.39, 0.29) is 4.90 Å². The maximum atomic E-state index is 12.0. The molecule has 0 atom stereocenters. The zero-order valence-corrected chi connectivity index (χ0v) is 15.6. The van der Waals surface area contributed by atoms with Crippen LogP contribution in [0.4, 0.5) is 4.79 Å². The molecule has 0 spiro atoms. The summed E-state index contributed by atoms with van der Waals surface area (Å²) in [5.74, 6) is 0. The van der Waals surface area contributed by atoms with Crippen LogP contribution in [-0.2, 0) is 20.0 Å². The molecule has 1 N–H and O–H groups in total. The summed E-state index contributed by atoms with van der Waals surface area (Å²) in [5.41, 5.74) is 0.647. The summed E-state index contributed by atoms with van der Waals surface area (Å²) in [5, 5.41) is 2.89. The molecule has 1 aromatic carbocycles. The molecule has 1 amide bonds. The van der Waals surface area contributed by atoms with Gasteiger partial charge in [0, 0.05) is 5.54 Å². The van der Waals surface area contributed by atoms with Gasteiger partial charge in [-0.3, -0.25) is 0 Å². The van der Waals surface area contributed by atoms with Crippen molar-refractivity contribution in [2.75, 3.05) is 0 Å². The van der Waals surface area contributed by atoms with E-state index in [0.29, 0.717) is 12.0 Å². The van der Waals surface area contributed by atoms with Gasteiger partial charge in [0.1, 0.15) is 5.60 Å². The Morgan fingerprint density at radius 1 is 1.35 bits per heavy atom. The van der Waals surface area contributed by atoms with Gasteiger partial charge in [0.2, 0.25) is 8.87 Å². The Morgan fingerprint density at radius 3 is 2.43 bits per heavy atom. The lowest BCUT2D eigenvalue weighted by Crippen LogP contribution is -2.42. The smallest absolute Gasteiger partial charge is 0.408 e. The Morgan fingerprint density at radius 2 is 1.96 bits per heavy atom. The number of hydrogen-bond acceptors (Lipinski definition) is 4. The molecule has 1 aromatic rings. The zero-order chi connectivity index (χ0) is 17.5. The second kappa shape index (κ2) is 6.02. The summed E-state index contributed by atoms with van der Waals surface area (Å²) in [6.07, 6.45) is 1.57. The highest BCUT2D eigenvalue weighted by Gasteiger charge is 2.45. The number of carbonyl (C=O) groups is 1. The van der Waals surface area contributed by atoms with E-state index >= 15 is 0 Å². The topological polar surface area (TPSA) is 72.5 Å². The predicted molar refractivity (Wildman–Crippen MR) is 92.4 cm³/mol. The largest absolute Gasteiger partial charge is 0.444 e. The molecule has 128 valence electrons. The maximum absolute atomic E-state index is 12.0. The van der Waals surface area contributed by atoms with Crippen molar-refractivity contribution in [2.45, 2.75) is 63.0 Å². The molecule has 7 heteroatoms. The quantitative estimate of drug-likeness (QED) is 0.641. The number of alkyl carbamates (subject to hydrolysis) is 1. The first-order valence-corrected chi connectivity index (χ1v) is 10.0. The van der Waals surface area contributed by atoms with Gasteiger partial charge in [-0.1, -0.05) is 17.7 Å². The maximum Gasteiger partial charge on any atom is 0.408 e. The minimum absolute atomic E-state index is 0.198. The van der Waals surface area contributed by atoms with Gasteiger partial charge < -0.3 is 10.1 Å². The third kappa shape index (κ3) is 5.14. The molecule has 23 heavy (non-hydrogen) atoms. The molecule has 1 saturated carbocycles. The van der Waals surface area contributed by atoms with Crippen LogP contribution in [0.5, 0.6) is 0 Å². The van der Waals surface area contributed by atoms with E-state index in [1.807, 2.05) is 13.0 Å². The Labute approximate surface area is 142 Å². The summed E-state index contributed by atoms with van der Waals surface area (Å²) in [6.45, 7) is 7.31. The molecule has 1 aliphatic rings. The second-order valence-electron chi connectivity index (χ2n) is 7.17. The Kier molecular flexibility index (Phi) is 4.74. The number of ether oxygens (including phenoxy) is 1. The van der Waals surface area contributed by atoms with Gasteiger partial charge >= 0.3 is 6.09 Å². The van der Waals surface area contributed by atoms with Crippen LogP contribution >= 0.6 is 11.7 Å². The Bertz CT molecular complexity index is 716. The lowest BCUT2D eigenvalue weighted by molar-refractivity contribution is 0.0496. The van der Waals surface area contributed by atoms with E-state index in [4.69, 9.17) is 4.74 Å². The zero-order valence-electron chi connectivity index (χ0n) is 13.8. The third-order valence-corrected chi connectivity index (χ3v) is 5.19. The molecule has 2 rings (SSSR count). The number of carbonyl (C=O) groups excluding carboxylic acids is 1. The molecule has 0 bridgehead atoms. The highest BCUT2D eigenvalue weighted by molar-refractivity contribution is 8.63. The van der Waals surface area contributed by atoms with Crippen molar-refractivity contribution in [3.05, 3.63) is 29.3 Å². The minimum Gasteiger partial charge on any atom is -0.444 e. The van der Waals surface area contributed by atoms with Crippen molar-refractivity contribution in [1.82, 2.24) is 5.32 Å². The molecule has 1 fully saturated rings. The van der Waals surface area contributed by atoms with Gasteiger partial charge in [0.15, 0.2) is 0 Å².